The molecule has 2 aromatic carbocycles. The highest BCUT2D eigenvalue weighted by molar-refractivity contribution is 5.86. The average molecular weight is 338 g/mol. The van der Waals surface area contributed by atoms with Gasteiger partial charge in [0.05, 0.1) is 22.2 Å². The van der Waals surface area contributed by atoms with Crippen molar-refractivity contribution in [2.75, 3.05) is 5.43 Å². The second kappa shape index (κ2) is 6.52. The lowest BCUT2D eigenvalue weighted by atomic mass is 10.1. The molecule has 0 atom stereocenters. The number of hydrogen-bond acceptors (Lipinski definition) is 5. The predicted molar refractivity (Wildman–Crippen MR) is 91.9 cm³/mol. The average Bonchev–Trinajstić information content (AvgIpc) is 2.59. The third-order valence-corrected chi connectivity index (χ3v) is 3.69. The van der Waals surface area contributed by atoms with Crippen LogP contribution >= 0.6 is 0 Å². The number of benzene rings is 2. The van der Waals surface area contributed by atoms with Crippen molar-refractivity contribution in [2.45, 2.75) is 13.3 Å². The maximum atomic E-state index is 12.5. The Labute approximate surface area is 141 Å². The molecular formula is C17H14N4O4. The van der Waals surface area contributed by atoms with Gasteiger partial charge in [0.1, 0.15) is 5.82 Å². The van der Waals surface area contributed by atoms with E-state index in [1.807, 2.05) is 0 Å². The van der Waals surface area contributed by atoms with E-state index in [2.05, 4.69) is 10.4 Å². The van der Waals surface area contributed by atoms with Gasteiger partial charge in [-0.05, 0) is 24.6 Å². The van der Waals surface area contributed by atoms with Crippen LogP contribution in [0.25, 0.3) is 10.9 Å². The van der Waals surface area contributed by atoms with Gasteiger partial charge in [0.25, 0.3) is 11.2 Å². The van der Waals surface area contributed by atoms with Crippen molar-refractivity contribution >= 4 is 22.5 Å². The monoisotopic (exact) mass is 338 g/mol. The minimum Gasteiger partial charge on any atom is -0.273 e. The van der Waals surface area contributed by atoms with Gasteiger partial charge in [0, 0.05) is 12.1 Å². The highest BCUT2D eigenvalue weighted by atomic mass is 16.6. The van der Waals surface area contributed by atoms with Crippen molar-refractivity contribution in [3.05, 3.63) is 80.4 Å². The van der Waals surface area contributed by atoms with Crippen molar-refractivity contribution in [1.29, 1.82) is 0 Å². The van der Waals surface area contributed by atoms with Gasteiger partial charge in [-0.3, -0.25) is 25.1 Å². The molecule has 0 saturated heterocycles. The van der Waals surface area contributed by atoms with Crippen LogP contribution in [-0.2, 0) is 11.2 Å². The van der Waals surface area contributed by atoms with Crippen LogP contribution in [0.2, 0.25) is 0 Å². The Morgan fingerprint density at radius 3 is 2.56 bits per heavy atom. The summed E-state index contributed by atoms with van der Waals surface area (Å²) in [5, 5.41) is 11.0. The summed E-state index contributed by atoms with van der Waals surface area (Å²) < 4.78 is 1.11. The Morgan fingerprint density at radius 2 is 1.88 bits per heavy atom. The molecule has 1 amide bonds. The van der Waals surface area contributed by atoms with Crippen molar-refractivity contribution in [3.63, 3.8) is 0 Å². The molecule has 1 aromatic heterocycles. The number of carbonyl (C=O) groups excluding carboxylic acids is 1. The largest absolute Gasteiger partial charge is 0.280 e. The van der Waals surface area contributed by atoms with Gasteiger partial charge in [-0.15, -0.1) is 0 Å². The third-order valence-electron chi connectivity index (χ3n) is 3.69. The van der Waals surface area contributed by atoms with E-state index in [9.17, 15) is 19.7 Å². The summed E-state index contributed by atoms with van der Waals surface area (Å²) in [5.74, 6) is -0.0584. The first-order valence-corrected chi connectivity index (χ1v) is 7.47. The lowest BCUT2D eigenvalue weighted by molar-refractivity contribution is -0.384. The number of nitrogens with zero attached hydrogens (tertiary/aromatic N) is 3. The standard InChI is InChI=1S/C17H14N4O4/c1-11-18-15-5-3-2-4-14(15)17(23)20(11)19-16(22)10-12-6-8-13(9-7-12)21(24)25/h2-9H,10H2,1H3,(H,19,22). The number of rotatable bonds is 4. The molecule has 0 radical (unpaired) electrons. The van der Waals surface area contributed by atoms with E-state index < -0.39 is 10.8 Å². The molecule has 0 saturated carbocycles. The molecule has 3 aromatic rings. The molecule has 25 heavy (non-hydrogen) atoms. The molecule has 126 valence electrons. The number of fused-ring (bicyclic) bond motifs is 1. The van der Waals surface area contributed by atoms with E-state index >= 15 is 0 Å². The van der Waals surface area contributed by atoms with E-state index in [-0.39, 0.29) is 17.7 Å². The van der Waals surface area contributed by atoms with Crippen molar-refractivity contribution in [3.8, 4) is 0 Å². The Hall–Kier alpha value is -3.55. The third kappa shape index (κ3) is 3.37. The van der Waals surface area contributed by atoms with Gasteiger partial charge < -0.3 is 0 Å². The summed E-state index contributed by atoms with van der Waals surface area (Å²) in [5.41, 5.74) is 3.28. The first-order valence-electron chi connectivity index (χ1n) is 7.47. The van der Waals surface area contributed by atoms with E-state index in [4.69, 9.17) is 0 Å². The normalized spacial score (nSPS) is 10.6. The number of amides is 1. The molecule has 0 fully saturated rings. The smallest absolute Gasteiger partial charge is 0.273 e. The van der Waals surface area contributed by atoms with Gasteiger partial charge in [0.2, 0.25) is 5.91 Å². The molecule has 0 aliphatic heterocycles. The summed E-state index contributed by atoms with van der Waals surface area (Å²) in [6, 6.07) is 12.6. The quantitative estimate of drug-likeness (QED) is 0.578. The zero-order chi connectivity index (χ0) is 18.0. The highest BCUT2D eigenvalue weighted by Crippen LogP contribution is 2.12. The van der Waals surface area contributed by atoms with Gasteiger partial charge in [-0.1, -0.05) is 24.3 Å². The maximum absolute atomic E-state index is 12.5. The Bertz CT molecular complexity index is 1020. The van der Waals surface area contributed by atoms with Crippen molar-refractivity contribution in [1.82, 2.24) is 9.66 Å². The summed E-state index contributed by atoms with van der Waals surface area (Å²) in [7, 11) is 0. The van der Waals surface area contributed by atoms with Gasteiger partial charge in [0.15, 0.2) is 0 Å². The number of carbonyl (C=O) groups is 1. The van der Waals surface area contributed by atoms with Crippen LogP contribution in [0.15, 0.2) is 53.3 Å². The fourth-order valence-corrected chi connectivity index (χ4v) is 2.46. The van der Waals surface area contributed by atoms with Crippen molar-refractivity contribution in [2.24, 2.45) is 0 Å². The fourth-order valence-electron chi connectivity index (χ4n) is 2.46. The van der Waals surface area contributed by atoms with Crippen LogP contribution in [-0.4, -0.2) is 20.5 Å². The Morgan fingerprint density at radius 1 is 1.20 bits per heavy atom. The van der Waals surface area contributed by atoms with Crippen LogP contribution in [0.5, 0.6) is 0 Å². The van der Waals surface area contributed by atoms with E-state index in [1.165, 1.54) is 24.3 Å². The first kappa shape index (κ1) is 16.3. The topological polar surface area (TPSA) is 107 Å². The van der Waals surface area contributed by atoms with Crippen LogP contribution in [0.4, 0.5) is 5.69 Å². The first-order chi connectivity index (χ1) is 12.0. The predicted octanol–water partition coefficient (Wildman–Crippen LogP) is 1.93. The number of nitro groups is 1. The minimum atomic E-state index is -0.506. The number of non-ortho nitro benzene ring substituents is 1. The second-order valence-electron chi connectivity index (χ2n) is 5.45. The molecular weight excluding hydrogens is 324 g/mol. The second-order valence-corrected chi connectivity index (χ2v) is 5.45. The molecule has 1 heterocycles. The lowest BCUT2D eigenvalue weighted by Crippen LogP contribution is -2.36. The lowest BCUT2D eigenvalue weighted by Gasteiger charge is -2.12. The Kier molecular flexibility index (Phi) is 4.25. The zero-order valence-corrected chi connectivity index (χ0v) is 13.3. The molecule has 3 rings (SSSR count). The molecule has 0 unspecified atom stereocenters. The summed E-state index contributed by atoms with van der Waals surface area (Å²) >= 11 is 0. The molecule has 0 aliphatic carbocycles. The van der Waals surface area contributed by atoms with Gasteiger partial charge in [-0.2, -0.15) is 0 Å². The Balaban J connectivity index is 1.82. The summed E-state index contributed by atoms with van der Waals surface area (Å²) in [4.78, 5) is 39.1. The number of nitro benzene ring substituents is 1. The van der Waals surface area contributed by atoms with Crippen molar-refractivity contribution < 1.29 is 9.72 Å². The van der Waals surface area contributed by atoms with E-state index in [0.717, 1.165) is 4.68 Å². The van der Waals surface area contributed by atoms with Crippen LogP contribution < -0.4 is 11.0 Å². The molecule has 0 aliphatic rings. The maximum Gasteiger partial charge on any atom is 0.280 e. The van der Waals surface area contributed by atoms with Gasteiger partial charge >= 0.3 is 0 Å². The molecule has 0 bridgehead atoms. The molecule has 0 spiro atoms. The SMILES string of the molecule is Cc1nc2ccccc2c(=O)n1NC(=O)Cc1ccc([N+](=O)[O-])cc1. The number of hydrogen-bond donors (Lipinski definition) is 1. The summed E-state index contributed by atoms with van der Waals surface area (Å²) in [6.45, 7) is 1.62. The van der Waals surface area contributed by atoms with Crippen LogP contribution in [0.3, 0.4) is 0 Å². The van der Waals surface area contributed by atoms with E-state index in [0.29, 0.717) is 22.3 Å². The van der Waals surface area contributed by atoms with Gasteiger partial charge in [-0.25, -0.2) is 9.66 Å². The highest BCUT2D eigenvalue weighted by Gasteiger charge is 2.12. The number of aryl methyl sites for hydroxylation is 1. The number of nitrogens with one attached hydrogen (secondary N) is 1. The fraction of sp³-hybridized carbons (Fsp3) is 0.118. The number of para-hydroxylation sites is 1. The summed E-state index contributed by atoms with van der Waals surface area (Å²) in [6.07, 6.45) is -0.0172. The van der Waals surface area contributed by atoms with Crippen LogP contribution in [0, 0.1) is 17.0 Å². The number of aromatic nitrogens is 2. The van der Waals surface area contributed by atoms with E-state index in [1.54, 1.807) is 31.2 Å². The van der Waals surface area contributed by atoms with Crippen LogP contribution in [0.1, 0.15) is 11.4 Å². The minimum absolute atomic E-state index is 0.0172. The molecule has 1 N–H and O–H groups in total. The molecule has 8 heteroatoms. The molecule has 8 nitrogen and oxygen atoms in total. The zero-order valence-electron chi connectivity index (χ0n) is 13.3.